The van der Waals surface area contributed by atoms with Crippen molar-refractivity contribution < 1.29 is 28.5 Å². The summed E-state index contributed by atoms with van der Waals surface area (Å²) in [4.78, 5) is 33.6. The minimum Gasteiger partial charge on any atom is -0.491 e. The van der Waals surface area contributed by atoms with Gasteiger partial charge in [-0.15, -0.1) is 0 Å². The fourth-order valence-corrected chi connectivity index (χ4v) is 11.9. The Morgan fingerprint density at radius 1 is 0.500 bits per heavy atom. The molecule has 0 unspecified atom stereocenters. The highest BCUT2D eigenvalue weighted by atomic mass is 32.2. The fraction of sp³-hybridized carbons (Fsp3) is 0.696. The van der Waals surface area contributed by atoms with Crippen molar-refractivity contribution in [1.82, 2.24) is 0 Å². The quantitative estimate of drug-likeness (QED) is 0.0227. The zero-order chi connectivity index (χ0) is 41.8. The number of nitriles is 1. The van der Waals surface area contributed by atoms with Crippen molar-refractivity contribution in [1.29, 1.82) is 5.26 Å². The van der Waals surface area contributed by atoms with E-state index in [-0.39, 0.29) is 24.5 Å². The molecule has 0 aromatic heterocycles. The molecular weight excluding hydrogens is 805 g/mol. The van der Waals surface area contributed by atoms with Crippen LogP contribution in [0.15, 0.2) is 39.3 Å². The molecule has 2 aliphatic heterocycles. The number of unbranched alkanes of at least 4 members (excludes halogenated alkanes) is 20. The van der Waals surface area contributed by atoms with E-state index in [1.54, 1.807) is 0 Å². The number of esters is 2. The lowest BCUT2D eigenvalue weighted by molar-refractivity contribution is -0.139. The Kier molecular flexibility index (Phi) is 26.4. The van der Waals surface area contributed by atoms with Crippen molar-refractivity contribution in [2.75, 3.05) is 26.4 Å². The smallest absolute Gasteiger partial charge is 0.350 e. The molecule has 0 N–H and O–H groups in total. The summed E-state index contributed by atoms with van der Waals surface area (Å²) >= 11 is 5.41. The van der Waals surface area contributed by atoms with Crippen LogP contribution in [-0.4, -0.2) is 38.4 Å². The number of carbonyl (C=O) groups is 2. The van der Waals surface area contributed by atoms with E-state index < -0.39 is 11.9 Å². The molecule has 0 saturated carbocycles. The number of fused-ring (bicyclic) bond motifs is 2. The monoisotopic (exact) mass is 872 g/mol. The Balaban J connectivity index is 1.94. The molecule has 58 heavy (non-hydrogen) atoms. The highest BCUT2D eigenvalue weighted by Gasteiger charge is 2.40. The van der Waals surface area contributed by atoms with Gasteiger partial charge in [-0.2, -0.15) is 5.26 Å². The second-order valence-electron chi connectivity index (χ2n) is 14.9. The van der Waals surface area contributed by atoms with E-state index in [9.17, 15) is 14.9 Å². The predicted octanol–water partition coefficient (Wildman–Crippen LogP) is 15.2. The number of ether oxygens (including phenoxy) is 4. The lowest BCUT2D eigenvalue weighted by Crippen LogP contribution is -2.09. The summed E-state index contributed by atoms with van der Waals surface area (Å²) in [5, 5.41) is 10.3. The molecule has 1 aromatic rings. The van der Waals surface area contributed by atoms with Gasteiger partial charge >= 0.3 is 11.9 Å². The lowest BCUT2D eigenvalue weighted by Gasteiger charge is -2.18. The molecule has 0 fully saturated rings. The van der Waals surface area contributed by atoms with Crippen LogP contribution in [0, 0.1) is 17.9 Å². The molecule has 2 aliphatic rings. The number of nitrogens with zero attached hydrogens (tertiary/aromatic N) is 2. The molecule has 0 saturated heterocycles. The van der Waals surface area contributed by atoms with Crippen molar-refractivity contribution in [2.24, 2.45) is 0 Å². The van der Waals surface area contributed by atoms with Crippen LogP contribution in [0.4, 0.5) is 0 Å². The average Bonchev–Trinajstić information content (AvgIpc) is 3.86. The molecule has 0 bridgehead atoms. The van der Waals surface area contributed by atoms with Gasteiger partial charge in [-0.05, 0) is 25.7 Å². The van der Waals surface area contributed by atoms with Gasteiger partial charge in [0.25, 0.3) is 5.70 Å². The van der Waals surface area contributed by atoms with Crippen molar-refractivity contribution in [3.8, 4) is 17.6 Å². The van der Waals surface area contributed by atoms with E-state index in [2.05, 4.69) is 38.6 Å². The van der Waals surface area contributed by atoms with E-state index >= 15 is 0 Å². The van der Waals surface area contributed by atoms with Crippen LogP contribution in [0.3, 0.4) is 0 Å². The van der Waals surface area contributed by atoms with E-state index in [4.69, 9.17) is 25.5 Å². The summed E-state index contributed by atoms with van der Waals surface area (Å²) in [6.07, 6.45) is 26.3. The second-order valence-corrected chi connectivity index (χ2v) is 19.5. The van der Waals surface area contributed by atoms with E-state index in [1.165, 1.54) is 124 Å². The second kappa shape index (κ2) is 30.6. The van der Waals surface area contributed by atoms with Crippen LogP contribution in [-0.2, 0) is 19.1 Å². The van der Waals surface area contributed by atoms with Gasteiger partial charge in [-0.25, -0.2) is 9.64 Å². The minimum absolute atomic E-state index is 0.00890. The zero-order valence-electron chi connectivity index (χ0n) is 35.8. The summed E-state index contributed by atoms with van der Waals surface area (Å²) in [7, 11) is 0. The van der Waals surface area contributed by atoms with Crippen molar-refractivity contribution in [2.45, 2.75) is 201 Å². The maximum Gasteiger partial charge on any atom is 0.350 e. The zero-order valence-corrected chi connectivity index (χ0v) is 39.0. The van der Waals surface area contributed by atoms with Crippen molar-refractivity contribution >= 4 is 59.0 Å². The SMILES string of the molecule is [C-]#[N+]C(C(=O)OCCCCCCCC)=C1Sc2c(OCCCCCCCC)c3c(c(OCCCCCCCC)c2S1)SC(=C(C#N)C(=O)OCCCCCCCC)S3. The summed E-state index contributed by atoms with van der Waals surface area (Å²) in [5.74, 6) is 0.0849. The fourth-order valence-electron chi connectivity index (χ4n) is 6.56. The predicted molar refractivity (Wildman–Crippen MR) is 243 cm³/mol. The molecule has 322 valence electrons. The van der Waals surface area contributed by atoms with Gasteiger partial charge in [-0.1, -0.05) is 203 Å². The van der Waals surface area contributed by atoms with Crippen molar-refractivity contribution in [3.63, 3.8) is 0 Å². The molecule has 0 atom stereocenters. The van der Waals surface area contributed by atoms with Gasteiger partial charge < -0.3 is 18.9 Å². The van der Waals surface area contributed by atoms with Gasteiger partial charge in [0.15, 0.2) is 5.57 Å². The van der Waals surface area contributed by atoms with Crippen LogP contribution < -0.4 is 9.47 Å². The first kappa shape index (κ1) is 50.0. The highest BCUT2D eigenvalue weighted by Crippen LogP contribution is 2.68. The third-order valence-electron chi connectivity index (χ3n) is 9.99. The van der Waals surface area contributed by atoms with E-state index in [0.717, 1.165) is 96.6 Å². The van der Waals surface area contributed by atoms with E-state index in [1.807, 2.05) is 0 Å². The minimum atomic E-state index is -0.606. The molecule has 0 spiro atoms. The average molecular weight is 873 g/mol. The molecule has 0 amide bonds. The first-order valence-corrected chi connectivity index (χ1v) is 25.5. The molecule has 2 heterocycles. The first-order valence-electron chi connectivity index (χ1n) is 22.3. The Labute approximate surface area is 367 Å². The standard InChI is InChI=1S/C46H68N2O6S4/c1-6-10-14-18-22-26-30-51-37-39-40(56-45(55-39)35(34-47)43(49)53-32-28-24-20-16-12-8-3)38(52-31-27-23-19-15-11-7-2)42-41(37)57-46(58-42)36(48-5)44(50)54-33-29-25-21-17-13-9-4/h6-33H2,1-4H3. The summed E-state index contributed by atoms with van der Waals surface area (Å²) in [6, 6.07) is 2.15. The number of thioether (sulfide) groups is 4. The van der Waals surface area contributed by atoms with Crippen LogP contribution >= 0.6 is 47.0 Å². The Hall–Kier alpha value is -2.38. The molecule has 3 rings (SSSR count). The molecule has 0 aliphatic carbocycles. The van der Waals surface area contributed by atoms with Gasteiger partial charge in [0.05, 0.1) is 61.1 Å². The number of benzene rings is 1. The molecule has 8 nitrogen and oxygen atoms in total. The molecular formula is C46H68N2O6S4. The summed E-state index contributed by atoms with van der Waals surface area (Å²) in [6.45, 7) is 18.4. The van der Waals surface area contributed by atoms with Gasteiger partial charge in [-0.3, -0.25) is 4.79 Å². The van der Waals surface area contributed by atoms with Crippen LogP contribution in [0.25, 0.3) is 4.85 Å². The normalized spacial score (nSPS) is 12.8. The Bertz CT molecular complexity index is 1420. The summed E-state index contributed by atoms with van der Waals surface area (Å²) in [5.41, 5.74) is -0.0350. The maximum absolute atomic E-state index is 13.4. The van der Waals surface area contributed by atoms with Crippen LogP contribution in [0.2, 0.25) is 0 Å². The first-order chi connectivity index (χ1) is 28.4. The third kappa shape index (κ3) is 16.9. The Morgan fingerprint density at radius 2 is 0.828 bits per heavy atom. The maximum atomic E-state index is 13.4. The van der Waals surface area contributed by atoms with Crippen LogP contribution in [0.1, 0.15) is 182 Å². The number of rotatable bonds is 32. The van der Waals surface area contributed by atoms with Gasteiger partial charge in [0.1, 0.15) is 17.6 Å². The highest BCUT2D eigenvalue weighted by molar-refractivity contribution is 8.26. The number of carbonyl (C=O) groups excluding carboxylic acids is 2. The third-order valence-corrected chi connectivity index (χ3v) is 15.2. The number of hydrogen-bond donors (Lipinski definition) is 0. The number of hydrogen-bond acceptors (Lipinski definition) is 11. The van der Waals surface area contributed by atoms with Gasteiger partial charge in [0.2, 0.25) is 0 Å². The topological polar surface area (TPSA) is 99.2 Å². The Morgan fingerprint density at radius 3 is 1.19 bits per heavy atom. The molecule has 1 aromatic carbocycles. The van der Waals surface area contributed by atoms with E-state index in [0.29, 0.717) is 33.2 Å². The van der Waals surface area contributed by atoms with Gasteiger partial charge in [0, 0.05) is 0 Å². The molecule has 0 radical (unpaired) electrons. The lowest BCUT2D eigenvalue weighted by atomic mass is 10.1. The largest absolute Gasteiger partial charge is 0.491 e. The summed E-state index contributed by atoms with van der Waals surface area (Å²) < 4.78 is 25.7. The van der Waals surface area contributed by atoms with Crippen LogP contribution in [0.5, 0.6) is 11.5 Å². The van der Waals surface area contributed by atoms with Crippen molar-refractivity contribution in [3.05, 3.63) is 31.2 Å². The molecule has 12 heteroatoms.